The van der Waals surface area contributed by atoms with Gasteiger partial charge in [0.05, 0.1) is 0 Å². The van der Waals surface area contributed by atoms with Gasteiger partial charge in [0.1, 0.15) is 0 Å². The lowest BCUT2D eigenvalue weighted by Gasteiger charge is -2.15. The first-order valence-electron chi connectivity index (χ1n) is 5.47. The van der Waals surface area contributed by atoms with Crippen LogP contribution in [-0.2, 0) is 0 Å². The lowest BCUT2D eigenvalue weighted by molar-refractivity contribution is 0.0933. The number of nitrogens with two attached hydrogens (primary N) is 1. The highest BCUT2D eigenvalue weighted by Crippen LogP contribution is 2.32. The van der Waals surface area contributed by atoms with Gasteiger partial charge in [-0.1, -0.05) is 15.9 Å². The topological polar surface area (TPSA) is 55.1 Å². The average molecular weight is 320 g/mol. The van der Waals surface area contributed by atoms with Crippen molar-refractivity contribution in [3.05, 3.63) is 34.3 Å². The van der Waals surface area contributed by atoms with E-state index < -0.39 is 0 Å². The number of nitrogens with one attached hydrogen (secondary N) is 1. The second-order valence-electron chi connectivity index (χ2n) is 4.16. The predicted octanol–water partition coefficient (Wildman–Crippen LogP) is 2.34. The van der Waals surface area contributed by atoms with Crippen molar-refractivity contribution in [3.8, 4) is 0 Å². The molecule has 0 heterocycles. The molecule has 0 aliphatic heterocycles. The van der Waals surface area contributed by atoms with Crippen LogP contribution < -0.4 is 11.1 Å². The maximum atomic E-state index is 11.9. The van der Waals surface area contributed by atoms with E-state index in [1.54, 1.807) is 12.1 Å². The van der Waals surface area contributed by atoms with Crippen LogP contribution >= 0.6 is 28.3 Å². The third kappa shape index (κ3) is 3.98. The summed E-state index contributed by atoms with van der Waals surface area (Å²) >= 11 is 3.34. The third-order valence-electron chi connectivity index (χ3n) is 2.87. The molecule has 0 spiro atoms. The molecule has 17 heavy (non-hydrogen) atoms. The summed E-state index contributed by atoms with van der Waals surface area (Å²) in [5.74, 6) is 0.555. The van der Waals surface area contributed by atoms with Crippen LogP contribution in [0.25, 0.3) is 0 Å². The molecular formula is C12H16BrClN2O. The van der Waals surface area contributed by atoms with E-state index in [1.807, 2.05) is 12.1 Å². The van der Waals surface area contributed by atoms with Crippen molar-refractivity contribution in [2.75, 3.05) is 6.54 Å². The van der Waals surface area contributed by atoms with Gasteiger partial charge in [0.2, 0.25) is 0 Å². The summed E-state index contributed by atoms with van der Waals surface area (Å²) in [5.41, 5.74) is 6.32. The van der Waals surface area contributed by atoms with Gasteiger partial charge in [0, 0.05) is 22.6 Å². The van der Waals surface area contributed by atoms with Gasteiger partial charge in [-0.15, -0.1) is 12.4 Å². The van der Waals surface area contributed by atoms with E-state index in [1.165, 1.54) is 12.8 Å². The van der Waals surface area contributed by atoms with Crippen molar-refractivity contribution in [1.82, 2.24) is 5.32 Å². The van der Waals surface area contributed by atoms with Gasteiger partial charge in [-0.25, -0.2) is 0 Å². The highest BCUT2D eigenvalue weighted by Gasteiger charge is 2.31. The maximum absolute atomic E-state index is 11.9. The molecule has 3 nitrogen and oxygen atoms in total. The van der Waals surface area contributed by atoms with Crippen molar-refractivity contribution in [3.63, 3.8) is 0 Å². The SMILES string of the molecule is Cl.NCC(NC(=O)c1ccc(Br)cc1)C1CC1. The van der Waals surface area contributed by atoms with E-state index in [0.717, 1.165) is 4.47 Å². The fraction of sp³-hybridized carbons (Fsp3) is 0.417. The largest absolute Gasteiger partial charge is 0.348 e. The molecule has 1 saturated carbocycles. The summed E-state index contributed by atoms with van der Waals surface area (Å²) in [5, 5.41) is 2.99. The molecule has 1 aromatic rings. The Bertz CT molecular complexity index is 379. The molecule has 1 amide bonds. The van der Waals surface area contributed by atoms with Crippen LogP contribution in [0.3, 0.4) is 0 Å². The third-order valence-corrected chi connectivity index (χ3v) is 3.40. The molecule has 0 saturated heterocycles. The zero-order chi connectivity index (χ0) is 11.5. The number of hydrogen-bond acceptors (Lipinski definition) is 2. The molecule has 1 fully saturated rings. The number of amides is 1. The minimum Gasteiger partial charge on any atom is -0.348 e. The smallest absolute Gasteiger partial charge is 0.251 e. The predicted molar refractivity (Wildman–Crippen MR) is 74.4 cm³/mol. The van der Waals surface area contributed by atoms with Gasteiger partial charge in [0.25, 0.3) is 5.91 Å². The Morgan fingerprint density at radius 1 is 1.41 bits per heavy atom. The number of hydrogen-bond donors (Lipinski definition) is 2. The zero-order valence-electron chi connectivity index (χ0n) is 9.36. The second kappa shape index (κ2) is 6.38. The zero-order valence-corrected chi connectivity index (χ0v) is 11.8. The number of carbonyl (C=O) groups is 1. The summed E-state index contributed by atoms with van der Waals surface area (Å²) in [6.07, 6.45) is 2.37. The first-order chi connectivity index (χ1) is 7.70. The fourth-order valence-electron chi connectivity index (χ4n) is 1.72. The first-order valence-corrected chi connectivity index (χ1v) is 6.26. The molecule has 5 heteroatoms. The summed E-state index contributed by atoms with van der Waals surface area (Å²) in [4.78, 5) is 11.9. The van der Waals surface area contributed by atoms with Crippen LogP contribution in [0, 0.1) is 5.92 Å². The van der Waals surface area contributed by atoms with Crippen molar-refractivity contribution >= 4 is 34.2 Å². The molecular weight excluding hydrogens is 304 g/mol. The highest BCUT2D eigenvalue weighted by molar-refractivity contribution is 9.10. The van der Waals surface area contributed by atoms with E-state index >= 15 is 0 Å². The van der Waals surface area contributed by atoms with Crippen LogP contribution in [0.5, 0.6) is 0 Å². The standard InChI is InChI=1S/C12H15BrN2O.ClH/c13-10-5-3-9(4-6-10)12(16)15-11(7-14)8-1-2-8;/h3-6,8,11H,1-2,7,14H2,(H,15,16);1H. The van der Waals surface area contributed by atoms with Crippen molar-refractivity contribution in [2.24, 2.45) is 11.7 Å². The van der Waals surface area contributed by atoms with Crippen LogP contribution in [0.15, 0.2) is 28.7 Å². The molecule has 0 bridgehead atoms. The molecule has 3 N–H and O–H groups in total. The lowest BCUT2D eigenvalue weighted by atomic mass is 10.1. The Morgan fingerprint density at radius 3 is 2.47 bits per heavy atom. The van der Waals surface area contributed by atoms with Gasteiger partial charge < -0.3 is 11.1 Å². The number of benzene rings is 1. The van der Waals surface area contributed by atoms with Crippen molar-refractivity contribution in [2.45, 2.75) is 18.9 Å². The van der Waals surface area contributed by atoms with Crippen LogP contribution in [0.4, 0.5) is 0 Å². The van der Waals surface area contributed by atoms with E-state index in [4.69, 9.17) is 5.73 Å². The summed E-state index contributed by atoms with van der Waals surface area (Å²) in [6, 6.07) is 7.48. The molecule has 2 rings (SSSR count). The van der Waals surface area contributed by atoms with Crippen molar-refractivity contribution < 1.29 is 4.79 Å². The number of rotatable bonds is 4. The van der Waals surface area contributed by atoms with Crippen LogP contribution in [-0.4, -0.2) is 18.5 Å². The monoisotopic (exact) mass is 318 g/mol. The Morgan fingerprint density at radius 2 is 2.00 bits per heavy atom. The number of carbonyl (C=O) groups excluding carboxylic acids is 1. The fourth-order valence-corrected chi connectivity index (χ4v) is 1.99. The molecule has 0 aromatic heterocycles. The van der Waals surface area contributed by atoms with E-state index in [-0.39, 0.29) is 24.4 Å². The minimum absolute atomic E-state index is 0. The van der Waals surface area contributed by atoms with Crippen LogP contribution in [0.1, 0.15) is 23.2 Å². The molecule has 1 aliphatic rings. The van der Waals surface area contributed by atoms with Crippen molar-refractivity contribution in [1.29, 1.82) is 0 Å². The van der Waals surface area contributed by atoms with Gasteiger partial charge in [-0.2, -0.15) is 0 Å². The molecule has 1 atom stereocenters. The second-order valence-corrected chi connectivity index (χ2v) is 5.08. The summed E-state index contributed by atoms with van der Waals surface area (Å²) in [6.45, 7) is 0.521. The Labute approximate surface area is 116 Å². The summed E-state index contributed by atoms with van der Waals surface area (Å²) < 4.78 is 0.974. The van der Waals surface area contributed by atoms with Gasteiger partial charge in [-0.05, 0) is 43.0 Å². The van der Waals surface area contributed by atoms with Gasteiger partial charge in [0.15, 0.2) is 0 Å². The molecule has 94 valence electrons. The maximum Gasteiger partial charge on any atom is 0.251 e. The molecule has 1 unspecified atom stereocenters. The summed E-state index contributed by atoms with van der Waals surface area (Å²) in [7, 11) is 0. The van der Waals surface area contributed by atoms with E-state index in [0.29, 0.717) is 18.0 Å². The van der Waals surface area contributed by atoms with Crippen LogP contribution in [0.2, 0.25) is 0 Å². The Hall–Kier alpha value is -0.580. The Kier molecular flexibility index (Phi) is 5.43. The van der Waals surface area contributed by atoms with E-state index in [2.05, 4.69) is 21.2 Å². The Balaban J connectivity index is 0.00000144. The lowest BCUT2D eigenvalue weighted by Crippen LogP contribution is -2.41. The first kappa shape index (κ1) is 14.5. The normalized spacial score (nSPS) is 15.9. The molecule has 0 radical (unpaired) electrons. The van der Waals surface area contributed by atoms with Gasteiger partial charge in [-0.3, -0.25) is 4.79 Å². The average Bonchev–Trinajstić information content (AvgIpc) is 3.10. The number of halogens is 2. The molecule has 1 aromatic carbocycles. The highest BCUT2D eigenvalue weighted by atomic mass is 79.9. The van der Waals surface area contributed by atoms with E-state index in [9.17, 15) is 4.79 Å². The molecule has 1 aliphatic carbocycles. The quantitative estimate of drug-likeness (QED) is 0.895. The van der Waals surface area contributed by atoms with Gasteiger partial charge >= 0.3 is 0 Å². The minimum atomic E-state index is -0.0325.